The summed E-state index contributed by atoms with van der Waals surface area (Å²) in [5.74, 6) is 0. The van der Waals surface area contributed by atoms with Crippen LogP contribution in [0.25, 0.3) is 0 Å². The lowest BCUT2D eigenvalue weighted by molar-refractivity contribution is -0.0409. The van der Waals surface area contributed by atoms with Crippen molar-refractivity contribution in [1.82, 2.24) is 14.7 Å². The molecule has 19 heavy (non-hydrogen) atoms. The average Bonchev–Trinajstić information content (AvgIpc) is 2.66. The maximum absolute atomic E-state index is 6.38. The van der Waals surface area contributed by atoms with E-state index in [9.17, 15) is 0 Å². The fourth-order valence-corrected chi connectivity index (χ4v) is 2.75. The molecular formula is C13H23ClN4O. The molecule has 2 atom stereocenters. The highest BCUT2D eigenvalue weighted by molar-refractivity contribution is 6.31. The Morgan fingerprint density at radius 2 is 2.32 bits per heavy atom. The van der Waals surface area contributed by atoms with E-state index in [1.165, 1.54) is 0 Å². The number of rotatable bonds is 4. The van der Waals surface area contributed by atoms with Crippen LogP contribution < -0.4 is 5.73 Å². The minimum atomic E-state index is 0.0519. The second-order valence-electron chi connectivity index (χ2n) is 5.19. The van der Waals surface area contributed by atoms with Gasteiger partial charge in [0.2, 0.25) is 0 Å². The highest BCUT2D eigenvalue weighted by Crippen LogP contribution is 2.23. The van der Waals surface area contributed by atoms with Gasteiger partial charge in [0.25, 0.3) is 0 Å². The van der Waals surface area contributed by atoms with E-state index in [2.05, 4.69) is 16.9 Å². The second-order valence-corrected chi connectivity index (χ2v) is 5.57. The van der Waals surface area contributed by atoms with Crippen LogP contribution >= 0.6 is 11.6 Å². The third kappa shape index (κ3) is 3.28. The molecular weight excluding hydrogens is 264 g/mol. The summed E-state index contributed by atoms with van der Waals surface area (Å²) in [4.78, 5) is 2.33. The molecule has 0 amide bonds. The fourth-order valence-electron chi connectivity index (χ4n) is 2.40. The van der Waals surface area contributed by atoms with Crippen LogP contribution in [-0.4, -0.2) is 46.5 Å². The molecule has 2 rings (SSSR count). The number of hydrogen-bond acceptors (Lipinski definition) is 4. The van der Waals surface area contributed by atoms with Gasteiger partial charge in [-0.2, -0.15) is 5.10 Å². The van der Waals surface area contributed by atoms with Crippen LogP contribution in [0.15, 0.2) is 0 Å². The molecule has 1 aliphatic rings. The summed E-state index contributed by atoms with van der Waals surface area (Å²) in [7, 11) is 1.95. The maximum Gasteiger partial charge on any atom is 0.0863 e. The Kier molecular flexibility index (Phi) is 4.84. The number of nitrogens with two attached hydrogens (primary N) is 1. The van der Waals surface area contributed by atoms with Gasteiger partial charge in [0, 0.05) is 32.7 Å². The SMILES string of the molecule is CCc1nn(C)c(CN2CCOC(C(C)N)C2)c1Cl. The van der Waals surface area contributed by atoms with Crippen molar-refractivity contribution in [1.29, 1.82) is 0 Å². The first-order chi connectivity index (χ1) is 9.02. The molecule has 0 aromatic carbocycles. The Bertz CT molecular complexity index is 433. The van der Waals surface area contributed by atoms with Gasteiger partial charge >= 0.3 is 0 Å². The maximum atomic E-state index is 6.38. The average molecular weight is 287 g/mol. The molecule has 5 nitrogen and oxygen atoms in total. The van der Waals surface area contributed by atoms with E-state index >= 15 is 0 Å². The normalized spacial score (nSPS) is 22.7. The minimum absolute atomic E-state index is 0.0519. The Labute approximate surface area is 119 Å². The zero-order valence-corrected chi connectivity index (χ0v) is 12.7. The number of aryl methyl sites for hydroxylation is 2. The lowest BCUT2D eigenvalue weighted by Gasteiger charge is -2.34. The van der Waals surface area contributed by atoms with Gasteiger partial charge in [0.1, 0.15) is 0 Å². The minimum Gasteiger partial charge on any atom is -0.374 e. The van der Waals surface area contributed by atoms with Gasteiger partial charge in [-0.05, 0) is 13.3 Å². The van der Waals surface area contributed by atoms with Gasteiger partial charge < -0.3 is 10.5 Å². The monoisotopic (exact) mass is 286 g/mol. The summed E-state index contributed by atoms with van der Waals surface area (Å²) in [6.07, 6.45) is 0.963. The van der Waals surface area contributed by atoms with Gasteiger partial charge in [-0.15, -0.1) is 0 Å². The summed E-state index contributed by atoms with van der Waals surface area (Å²) in [6.45, 7) is 7.34. The molecule has 0 saturated carbocycles. The molecule has 1 aromatic heterocycles. The molecule has 2 heterocycles. The van der Waals surface area contributed by atoms with Gasteiger partial charge in [-0.3, -0.25) is 9.58 Å². The molecule has 1 aliphatic heterocycles. The Hall–Kier alpha value is -0.620. The number of morpholine rings is 1. The first kappa shape index (κ1) is 14.8. The quantitative estimate of drug-likeness (QED) is 0.903. The van der Waals surface area contributed by atoms with Crippen LogP contribution in [0.1, 0.15) is 25.2 Å². The van der Waals surface area contributed by atoms with E-state index < -0.39 is 0 Å². The van der Waals surface area contributed by atoms with Crippen LogP contribution in [0.4, 0.5) is 0 Å². The van der Waals surface area contributed by atoms with Gasteiger partial charge in [0.15, 0.2) is 0 Å². The molecule has 6 heteroatoms. The third-order valence-electron chi connectivity index (χ3n) is 3.64. The number of nitrogens with zero attached hydrogens (tertiary/aromatic N) is 3. The van der Waals surface area contributed by atoms with Crippen molar-refractivity contribution in [3.05, 3.63) is 16.4 Å². The fraction of sp³-hybridized carbons (Fsp3) is 0.769. The summed E-state index contributed by atoms with van der Waals surface area (Å²) < 4.78 is 7.56. The Balaban J connectivity index is 2.06. The van der Waals surface area contributed by atoms with Crippen molar-refractivity contribution in [3.8, 4) is 0 Å². The van der Waals surface area contributed by atoms with E-state index in [1.54, 1.807) is 0 Å². The smallest absolute Gasteiger partial charge is 0.0863 e. The van der Waals surface area contributed by atoms with Crippen LogP contribution in [0.2, 0.25) is 5.02 Å². The Morgan fingerprint density at radius 1 is 1.58 bits per heavy atom. The van der Waals surface area contributed by atoms with Crippen molar-refractivity contribution >= 4 is 11.6 Å². The number of aromatic nitrogens is 2. The number of halogens is 1. The molecule has 1 aromatic rings. The predicted octanol–water partition coefficient (Wildman–Crippen LogP) is 1.18. The van der Waals surface area contributed by atoms with E-state index in [1.807, 2.05) is 18.7 Å². The summed E-state index contributed by atoms with van der Waals surface area (Å²) in [5.41, 5.74) is 7.95. The zero-order chi connectivity index (χ0) is 14.0. The molecule has 1 fully saturated rings. The van der Waals surface area contributed by atoms with Gasteiger partial charge in [0.05, 0.1) is 29.1 Å². The molecule has 0 radical (unpaired) electrons. The molecule has 108 valence electrons. The topological polar surface area (TPSA) is 56.3 Å². The lowest BCUT2D eigenvalue weighted by atomic mass is 10.1. The van der Waals surface area contributed by atoms with Crippen LogP contribution in [0, 0.1) is 0 Å². The van der Waals surface area contributed by atoms with Gasteiger partial charge in [-0.1, -0.05) is 18.5 Å². The van der Waals surface area contributed by atoms with Crippen LogP contribution in [-0.2, 0) is 24.8 Å². The van der Waals surface area contributed by atoms with Crippen molar-refractivity contribution in [2.24, 2.45) is 12.8 Å². The van der Waals surface area contributed by atoms with Crippen molar-refractivity contribution in [2.75, 3.05) is 19.7 Å². The first-order valence-corrected chi connectivity index (χ1v) is 7.20. The van der Waals surface area contributed by atoms with Crippen molar-refractivity contribution in [3.63, 3.8) is 0 Å². The Morgan fingerprint density at radius 3 is 2.89 bits per heavy atom. The standard InChI is InChI=1S/C13H23ClN4O/c1-4-10-13(14)11(17(3)16-10)7-18-5-6-19-12(8-18)9(2)15/h9,12H,4-8,15H2,1-3H3. The number of hydrogen-bond donors (Lipinski definition) is 1. The molecule has 2 N–H and O–H groups in total. The lowest BCUT2D eigenvalue weighted by Crippen LogP contribution is -2.49. The van der Waals surface area contributed by atoms with Crippen LogP contribution in [0.3, 0.4) is 0 Å². The molecule has 0 bridgehead atoms. The number of ether oxygens (including phenoxy) is 1. The highest BCUT2D eigenvalue weighted by Gasteiger charge is 2.25. The molecule has 2 unspecified atom stereocenters. The molecule has 0 spiro atoms. The second kappa shape index (κ2) is 6.22. The first-order valence-electron chi connectivity index (χ1n) is 6.82. The van der Waals surface area contributed by atoms with Crippen molar-refractivity contribution < 1.29 is 4.74 Å². The van der Waals surface area contributed by atoms with Crippen LogP contribution in [0.5, 0.6) is 0 Å². The summed E-state index contributed by atoms with van der Waals surface area (Å²) in [5, 5.41) is 5.25. The van der Waals surface area contributed by atoms with Crippen molar-refractivity contribution in [2.45, 2.75) is 39.0 Å². The van der Waals surface area contributed by atoms with E-state index in [4.69, 9.17) is 22.1 Å². The molecule has 1 saturated heterocycles. The van der Waals surface area contributed by atoms with E-state index in [0.717, 1.165) is 49.1 Å². The predicted molar refractivity (Wildman–Crippen MR) is 76.3 cm³/mol. The van der Waals surface area contributed by atoms with E-state index in [-0.39, 0.29) is 12.1 Å². The third-order valence-corrected chi connectivity index (χ3v) is 4.08. The summed E-state index contributed by atoms with van der Waals surface area (Å²) in [6, 6.07) is 0.0519. The largest absolute Gasteiger partial charge is 0.374 e. The van der Waals surface area contributed by atoms with E-state index in [0.29, 0.717) is 0 Å². The highest BCUT2D eigenvalue weighted by atomic mass is 35.5. The molecule has 0 aliphatic carbocycles. The summed E-state index contributed by atoms with van der Waals surface area (Å²) >= 11 is 6.38. The van der Waals surface area contributed by atoms with Gasteiger partial charge in [-0.25, -0.2) is 0 Å². The zero-order valence-electron chi connectivity index (χ0n) is 11.9.